The van der Waals surface area contributed by atoms with Crippen molar-refractivity contribution in [2.75, 3.05) is 89.4 Å². The van der Waals surface area contributed by atoms with Crippen LogP contribution in [0.1, 0.15) is 97.9 Å². The van der Waals surface area contributed by atoms with Gasteiger partial charge in [0.05, 0.1) is 0 Å². The maximum absolute atomic E-state index is 14.0. The fourth-order valence-electron chi connectivity index (χ4n) is 15.1. The van der Waals surface area contributed by atoms with Crippen LogP contribution in [0.4, 0.5) is 32.1 Å². The maximum atomic E-state index is 14.0. The summed E-state index contributed by atoms with van der Waals surface area (Å²) in [5.74, 6) is 9.45. The van der Waals surface area contributed by atoms with E-state index in [4.69, 9.17) is 80.8 Å². The van der Waals surface area contributed by atoms with E-state index in [-0.39, 0.29) is 44.2 Å². The van der Waals surface area contributed by atoms with Gasteiger partial charge in [0.2, 0.25) is 0 Å². The molecule has 16 rings (SSSR count). The fraction of sp³-hybridized carbons (Fsp3) is 0.494. The van der Waals surface area contributed by atoms with Gasteiger partial charge in [-0.25, -0.2) is 0 Å². The Kier molecular flexibility index (Phi) is 31.2. The second-order valence-electron chi connectivity index (χ2n) is 38.4. The van der Waals surface area contributed by atoms with Crippen LogP contribution in [0.5, 0.6) is 46.0 Å². The van der Waals surface area contributed by atoms with Gasteiger partial charge in [0, 0.05) is 0 Å². The van der Waals surface area contributed by atoms with E-state index in [1.165, 1.54) is 42.3 Å². The van der Waals surface area contributed by atoms with Crippen molar-refractivity contribution in [2.45, 2.75) is 206 Å². The molecule has 0 aliphatic carbocycles. The third-order valence-corrected chi connectivity index (χ3v) is 47.9. The SMILES string of the molecule is CC(C)(C)CNCCn1c(Sc2cc3c(c[c]2[Sn]([CH3])([CH3])[CH3])OCO3)nc2c(N)ncnc21.CC(C)CNCCn1c(Cc2cc3c(c[c]2[Sn]([CH3])([CH3])[CH3])OCO3)nc2c(N)nc(F)nc21.CC(C)NCCCn1c(Cc2cc3c(c[c]2[Sn]([CH3])([CH3])[CH3])OCO3)nc2c(N)nc(F)nc21.CC(C)NCCCn1c(Sc2cc3c(c[c]2[Sn]([CH3])([CH3])[CH3])OCO3)nc2c(N)ncnc21. The first-order valence-electron chi connectivity index (χ1n) is 43.3. The molecule has 0 atom stereocenters. The molecule has 12 aromatic rings. The number of nitrogens with one attached hydrogen (secondary N) is 4. The third kappa shape index (κ3) is 24.2. The van der Waals surface area contributed by atoms with Crippen LogP contribution in [0.3, 0.4) is 0 Å². The van der Waals surface area contributed by atoms with Crippen molar-refractivity contribution in [1.29, 1.82) is 0 Å². The predicted molar refractivity (Wildman–Crippen MR) is 510 cm³/mol. The van der Waals surface area contributed by atoms with E-state index in [2.05, 4.69) is 240 Å². The topological polar surface area (TPSA) is 400 Å². The van der Waals surface area contributed by atoms with E-state index in [0.29, 0.717) is 95.5 Å². The van der Waals surface area contributed by atoms with Crippen molar-refractivity contribution in [1.82, 2.24) is 99.3 Å². The summed E-state index contributed by atoms with van der Waals surface area (Å²) in [4.78, 5) is 82.8. The molecule has 0 bridgehead atoms. The summed E-state index contributed by atoms with van der Waals surface area (Å²) in [5.41, 5.74) is 31.4. The minimum atomic E-state index is -2.50. The number of nitrogens with two attached hydrogens (primary N) is 4. The van der Waals surface area contributed by atoms with Gasteiger partial charge in [-0.3, -0.25) is 0 Å². The molecule has 12 heterocycles. The molecule has 32 nitrogen and oxygen atoms in total. The summed E-state index contributed by atoms with van der Waals surface area (Å²) in [6.45, 7) is 28.5. The summed E-state index contributed by atoms with van der Waals surface area (Å²) in [5, 5.41) is 15.6. The molecule has 0 fully saturated rings. The molecule has 0 unspecified atom stereocenters. The number of rotatable bonds is 31. The Morgan fingerprint density at radius 2 is 0.732 bits per heavy atom. The number of aromatic nitrogens is 16. The number of ether oxygens (including phenoxy) is 8. The van der Waals surface area contributed by atoms with Crippen LogP contribution in [0.2, 0.25) is 59.3 Å². The van der Waals surface area contributed by atoms with E-state index >= 15 is 0 Å². The number of nitrogen functional groups attached to an aromatic ring is 4. The van der Waals surface area contributed by atoms with Crippen LogP contribution in [0.15, 0.2) is 81.3 Å². The number of benzene rings is 4. The molecule has 12 N–H and O–H groups in total. The molecule has 127 heavy (non-hydrogen) atoms. The molecular formula is C87H124F2N24O8S2Sn4. The van der Waals surface area contributed by atoms with Gasteiger partial charge >= 0.3 is 774 Å². The van der Waals surface area contributed by atoms with Gasteiger partial charge in [-0.15, -0.1) is 0 Å². The van der Waals surface area contributed by atoms with Crippen LogP contribution in [-0.4, -0.2) is 230 Å². The molecule has 0 saturated carbocycles. The Morgan fingerprint density at radius 1 is 0.394 bits per heavy atom. The Hall–Kier alpha value is -7.73. The summed E-state index contributed by atoms with van der Waals surface area (Å²) < 4.78 is 86.9. The van der Waals surface area contributed by atoms with Crippen molar-refractivity contribution < 1.29 is 46.7 Å². The third-order valence-electron chi connectivity index (χ3n) is 21.3. The molecule has 4 aliphatic heterocycles. The number of fused-ring (bicyclic) bond motifs is 8. The average molecular weight is 2210 g/mol. The molecule has 8 aromatic heterocycles. The number of imidazole rings is 4. The van der Waals surface area contributed by atoms with Gasteiger partial charge in [-0.2, -0.15) is 0 Å². The number of hydrogen-bond acceptors (Lipinski definition) is 30. The molecule has 0 spiro atoms. The fourth-order valence-corrected chi connectivity index (χ4v) is 39.5. The number of nitrogens with zero attached hydrogens (tertiary/aromatic N) is 16. The monoisotopic (exact) mass is 2210 g/mol. The van der Waals surface area contributed by atoms with Gasteiger partial charge in [0.1, 0.15) is 0 Å². The predicted octanol–water partition coefficient (Wildman–Crippen LogP) is 12.1. The molecule has 4 aliphatic rings. The van der Waals surface area contributed by atoms with Crippen molar-refractivity contribution in [2.24, 2.45) is 11.3 Å². The van der Waals surface area contributed by atoms with Crippen LogP contribution < -0.4 is 96.4 Å². The van der Waals surface area contributed by atoms with Crippen molar-refractivity contribution >= 4 is 179 Å². The second-order valence-corrected chi connectivity index (χ2v) is 97.9. The van der Waals surface area contributed by atoms with E-state index in [1.807, 2.05) is 9.13 Å². The number of aryl methyl sites for hydroxylation is 2. The number of halogens is 2. The summed E-state index contributed by atoms with van der Waals surface area (Å²) in [7, 11) is 0. The van der Waals surface area contributed by atoms with Crippen LogP contribution in [0.25, 0.3) is 44.7 Å². The Balaban J connectivity index is 0.000000145. The van der Waals surface area contributed by atoms with Gasteiger partial charge in [-0.1, -0.05) is 0 Å². The van der Waals surface area contributed by atoms with Gasteiger partial charge < -0.3 is 0 Å². The molecular weight excluding hydrogens is 2090 g/mol. The Labute approximate surface area is 766 Å². The zero-order chi connectivity index (χ0) is 91.4. The standard InChI is InChI=1S/2C19H22FN6O2.C19H23N6O2S.C18H21N6O2S.12CH3.4Sn/c1-11(2)22-6-3-7-26-15(23-16-17(21)24-19(20)25-18(16)26)9-12-4-5-13-14(8-12)28-10-27-13;1-11(2)9-22-5-6-26-15(23-16-17(21)24-19(20)25-18(16)26)8-12-3-4-13-14(7-12)28-10-27-13;1-19(2,3)9-21-6-7-25-17-15(16(20)22-10-23-17)24-18(25)28-12-4-5-13-14(8-12)27-11-26-13;1-11(2)20-6-3-7-24-17-15(16(19)21-9-22-17)23-18(24)27-12-4-5-13-14(8-12)26-10-25-13;;;;;;;;;;;;;;;;/h5,8,11,22H,3,6-7,9-10H2,1-2H3,(H2,21,24,25);4,7,11,22H,5-6,8-10H2,1-2H3,(H2,21,24,25);5,8,10,21H,6-7,9,11H2,1-3H3,(H2,20,22,23);5,8-9,11,20H,3,6-7,10H2,1-2H3,(H2,19,21,22);12*1H3;;;;. The zero-order valence-corrected chi connectivity index (χ0v) is 90.1. The molecule has 0 saturated heterocycles. The average Bonchev–Trinajstić information content (AvgIpc) is 1.62. The van der Waals surface area contributed by atoms with E-state index in [0.717, 1.165) is 143 Å². The van der Waals surface area contributed by atoms with Crippen molar-refractivity contribution in [3.63, 3.8) is 0 Å². The zero-order valence-electron chi connectivity index (χ0n) is 77.0. The Bertz CT molecular complexity index is 5760. The van der Waals surface area contributed by atoms with Crippen LogP contribution >= 0.6 is 23.5 Å². The molecule has 4 aromatic carbocycles. The first kappa shape index (κ1) is 96.8. The molecule has 40 heteroatoms. The molecule has 682 valence electrons. The van der Waals surface area contributed by atoms with Crippen LogP contribution in [0, 0.1) is 23.5 Å². The molecule has 0 amide bonds. The summed E-state index contributed by atoms with van der Waals surface area (Å²) >= 11 is -6.60. The summed E-state index contributed by atoms with van der Waals surface area (Å²) in [6.07, 6.45) is 4.31. The molecule has 0 radical (unpaired) electrons. The quantitative estimate of drug-likeness (QED) is 0.0114. The van der Waals surface area contributed by atoms with E-state index in [9.17, 15) is 8.78 Å². The summed E-state index contributed by atoms with van der Waals surface area (Å²) in [6, 6.07) is 17.8. The van der Waals surface area contributed by atoms with Gasteiger partial charge in [-0.05, 0) is 0 Å². The Morgan fingerprint density at radius 3 is 1.11 bits per heavy atom. The van der Waals surface area contributed by atoms with Crippen molar-refractivity contribution in [3.8, 4) is 46.0 Å². The normalized spacial score (nSPS) is 13.6. The minimum absolute atomic E-state index is 0.0588. The first-order valence-corrected chi connectivity index (χ1v) is 84.9. The van der Waals surface area contributed by atoms with Gasteiger partial charge in [0.15, 0.2) is 0 Å². The van der Waals surface area contributed by atoms with Gasteiger partial charge in [0.25, 0.3) is 0 Å². The van der Waals surface area contributed by atoms with E-state index < -0.39 is 85.7 Å². The first-order chi connectivity index (χ1) is 60.0. The second kappa shape index (κ2) is 41.0. The van der Waals surface area contributed by atoms with Crippen molar-refractivity contribution in [3.05, 3.63) is 96.1 Å². The van der Waals surface area contributed by atoms with E-state index in [1.54, 1.807) is 23.5 Å². The number of anilines is 4. The number of hydrogen-bond donors (Lipinski definition) is 8. The van der Waals surface area contributed by atoms with Crippen LogP contribution in [-0.2, 0) is 39.0 Å².